The van der Waals surface area contributed by atoms with Gasteiger partial charge in [0.05, 0.1) is 30.2 Å². The summed E-state index contributed by atoms with van der Waals surface area (Å²) in [5, 5.41) is 29.3. The van der Waals surface area contributed by atoms with Crippen molar-refractivity contribution in [2.45, 2.75) is 65.9 Å². The number of amides is 2. The number of benzene rings is 2. The Labute approximate surface area is 236 Å². The number of anilines is 1. The molecular weight excluding hydrogens is 505 g/mol. The summed E-state index contributed by atoms with van der Waals surface area (Å²) < 4.78 is 6.32. The highest BCUT2D eigenvalue weighted by Gasteiger charge is 2.56. The Balaban J connectivity index is 1.35. The summed E-state index contributed by atoms with van der Waals surface area (Å²) in [5.41, 5.74) is 7.08. The van der Waals surface area contributed by atoms with E-state index in [9.17, 15) is 24.7 Å². The highest BCUT2D eigenvalue weighted by Crippen LogP contribution is 2.50. The number of aryl methyl sites for hydroxylation is 2. The van der Waals surface area contributed by atoms with Crippen LogP contribution in [0.15, 0.2) is 53.1 Å². The molecule has 2 fully saturated rings. The normalized spacial score (nSPS) is 24.6. The van der Waals surface area contributed by atoms with Crippen LogP contribution in [0.4, 0.5) is 5.69 Å². The van der Waals surface area contributed by atoms with E-state index < -0.39 is 19.0 Å². The monoisotopic (exact) mass is 543 g/mol. The molecule has 0 bridgehead atoms. The van der Waals surface area contributed by atoms with Gasteiger partial charge >= 0.3 is 7.12 Å². The van der Waals surface area contributed by atoms with Crippen molar-refractivity contribution >= 4 is 36.2 Å². The minimum atomic E-state index is -1.68. The Hall–Kier alpha value is -3.20. The predicted molar refractivity (Wildman–Crippen MR) is 156 cm³/mol. The van der Waals surface area contributed by atoms with Gasteiger partial charge < -0.3 is 19.9 Å². The quantitative estimate of drug-likeness (QED) is 0.262. The molecule has 0 spiro atoms. The average molecular weight is 543 g/mol. The number of phenolic OH excluding ortho intramolecular Hbond substituents is 1. The number of aromatic hydroxyl groups is 1. The van der Waals surface area contributed by atoms with Gasteiger partial charge in [-0.05, 0) is 98.4 Å². The van der Waals surface area contributed by atoms with E-state index in [1.807, 2.05) is 26.0 Å². The van der Waals surface area contributed by atoms with Crippen molar-refractivity contribution in [2.24, 2.45) is 17.8 Å². The van der Waals surface area contributed by atoms with Crippen LogP contribution in [-0.4, -0.2) is 46.8 Å². The van der Waals surface area contributed by atoms with Crippen LogP contribution in [0.3, 0.4) is 0 Å². The van der Waals surface area contributed by atoms with Crippen LogP contribution in [0, 0.1) is 31.6 Å². The molecule has 2 saturated heterocycles. The van der Waals surface area contributed by atoms with Crippen molar-refractivity contribution in [3.05, 3.63) is 69.8 Å². The molecule has 2 aromatic carbocycles. The molecule has 210 valence electrons. The zero-order chi connectivity index (χ0) is 28.7. The second-order valence-corrected chi connectivity index (χ2v) is 11.6. The summed E-state index contributed by atoms with van der Waals surface area (Å²) in [7, 11) is -1.68. The van der Waals surface area contributed by atoms with Gasteiger partial charge in [-0.15, -0.1) is 0 Å². The molecule has 2 aromatic rings. The molecular formula is C32H38BNO6. The number of rotatable bonds is 8. The number of allylic oxidation sites excluding steroid dienone is 2. The summed E-state index contributed by atoms with van der Waals surface area (Å²) in [6, 6.07) is 10.4. The molecule has 3 N–H and O–H groups in total. The largest absolute Gasteiger partial charge is 0.507 e. The molecule has 2 aliphatic heterocycles. The lowest BCUT2D eigenvalue weighted by molar-refractivity contribution is -0.122. The van der Waals surface area contributed by atoms with E-state index in [1.54, 1.807) is 18.2 Å². The summed E-state index contributed by atoms with van der Waals surface area (Å²) in [6.45, 7) is 8.49. The fourth-order valence-corrected chi connectivity index (χ4v) is 6.92. The van der Waals surface area contributed by atoms with Gasteiger partial charge in [0, 0.05) is 5.92 Å². The molecule has 5 rings (SSSR count). The van der Waals surface area contributed by atoms with E-state index in [1.165, 1.54) is 22.1 Å². The van der Waals surface area contributed by atoms with E-state index >= 15 is 0 Å². The summed E-state index contributed by atoms with van der Waals surface area (Å²) in [6.07, 6.45) is 6.35. The molecule has 0 aromatic heterocycles. The molecule has 1 aliphatic carbocycles. The van der Waals surface area contributed by atoms with Crippen LogP contribution in [0.25, 0.3) is 6.08 Å². The lowest BCUT2D eigenvalue weighted by Gasteiger charge is -2.30. The fraction of sp³-hybridized carbons (Fsp3) is 0.438. The van der Waals surface area contributed by atoms with Crippen molar-refractivity contribution in [3.63, 3.8) is 0 Å². The number of hydrogen-bond donors (Lipinski definition) is 3. The Morgan fingerprint density at radius 1 is 1.05 bits per heavy atom. The lowest BCUT2D eigenvalue weighted by atomic mass is 9.70. The van der Waals surface area contributed by atoms with Crippen LogP contribution < -0.4 is 10.4 Å². The molecule has 2 amide bonds. The number of nitrogens with zero attached hydrogens (tertiary/aromatic N) is 1. The summed E-state index contributed by atoms with van der Waals surface area (Å²) in [5.74, 6) is -1.14. The number of carbonyl (C=O) groups is 2. The fourth-order valence-electron chi connectivity index (χ4n) is 6.92. The Bertz CT molecular complexity index is 1370. The zero-order valence-corrected chi connectivity index (χ0v) is 23.7. The highest BCUT2D eigenvalue weighted by molar-refractivity contribution is 6.58. The third kappa shape index (κ3) is 5.16. The standard InChI is InChI=1S/C32H38BNO6/c1-5-7-21(15-22-12-19(3)30(35)20(4)13-22)10-11-27-28-18(2)14-25-29(26(28)17-40-27)32(37)34(31(25)36)24-9-6-8-23(16-24)33(38)39/h6,8-9,12-13,15-16,25-27,29,35,38-39H,5,7,10-11,14,17H2,1-4H3/b21-15+/t25-,26+,27-,29-/m1/s1. The number of fused-ring (bicyclic) bond motifs is 3. The van der Waals surface area contributed by atoms with Crippen LogP contribution in [0.5, 0.6) is 5.75 Å². The first kappa shape index (κ1) is 28.3. The van der Waals surface area contributed by atoms with Crippen molar-refractivity contribution in [1.82, 2.24) is 0 Å². The highest BCUT2D eigenvalue weighted by atomic mass is 16.5. The van der Waals surface area contributed by atoms with E-state index in [-0.39, 0.29) is 29.3 Å². The SMILES string of the molecule is CCC/C(=C\c1cc(C)c(O)c(C)c1)CC[C@H]1OC[C@H]2C1=C(C)C[C@H]1C(=O)N(c3cccc(B(O)O)c3)C(=O)[C@H]12. The van der Waals surface area contributed by atoms with Crippen LogP contribution in [-0.2, 0) is 14.3 Å². The molecule has 4 atom stereocenters. The Kier molecular flexibility index (Phi) is 8.04. The van der Waals surface area contributed by atoms with Crippen LogP contribution in [0.1, 0.15) is 62.6 Å². The molecule has 8 heteroatoms. The molecule has 3 aliphatic rings. The number of ether oxygens (including phenoxy) is 1. The molecule has 40 heavy (non-hydrogen) atoms. The lowest BCUT2D eigenvalue weighted by Crippen LogP contribution is -2.35. The third-order valence-corrected chi connectivity index (χ3v) is 8.76. The minimum Gasteiger partial charge on any atom is -0.507 e. The van der Waals surface area contributed by atoms with Crippen LogP contribution in [0.2, 0.25) is 0 Å². The zero-order valence-electron chi connectivity index (χ0n) is 23.7. The maximum Gasteiger partial charge on any atom is 0.488 e. The topological polar surface area (TPSA) is 107 Å². The van der Waals surface area contributed by atoms with Gasteiger partial charge in [-0.25, -0.2) is 0 Å². The van der Waals surface area contributed by atoms with Gasteiger partial charge in [0.25, 0.3) is 0 Å². The average Bonchev–Trinajstić information content (AvgIpc) is 3.44. The molecule has 0 saturated carbocycles. The molecule has 2 heterocycles. The van der Waals surface area contributed by atoms with Crippen LogP contribution >= 0.6 is 0 Å². The Morgan fingerprint density at radius 3 is 2.45 bits per heavy atom. The van der Waals surface area contributed by atoms with E-state index in [0.717, 1.165) is 47.9 Å². The maximum absolute atomic E-state index is 13.7. The summed E-state index contributed by atoms with van der Waals surface area (Å²) >= 11 is 0. The van der Waals surface area contributed by atoms with Crippen molar-refractivity contribution in [3.8, 4) is 5.75 Å². The van der Waals surface area contributed by atoms with Crippen molar-refractivity contribution < 1.29 is 29.5 Å². The van der Waals surface area contributed by atoms with Gasteiger partial charge in [-0.1, -0.05) is 42.7 Å². The first-order valence-electron chi connectivity index (χ1n) is 14.2. The van der Waals surface area contributed by atoms with Gasteiger partial charge in [0.1, 0.15) is 5.75 Å². The number of imide groups is 1. The number of hydrogen-bond acceptors (Lipinski definition) is 6. The van der Waals surface area contributed by atoms with Gasteiger partial charge in [-0.3, -0.25) is 14.5 Å². The smallest absolute Gasteiger partial charge is 0.488 e. The second-order valence-electron chi connectivity index (χ2n) is 11.6. The summed E-state index contributed by atoms with van der Waals surface area (Å²) in [4.78, 5) is 28.4. The van der Waals surface area contributed by atoms with E-state index in [4.69, 9.17) is 4.74 Å². The first-order chi connectivity index (χ1) is 19.1. The van der Waals surface area contributed by atoms with Gasteiger partial charge in [-0.2, -0.15) is 0 Å². The molecule has 0 unspecified atom stereocenters. The van der Waals surface area contributed by atoms with E-state index in [2.05, 4.69) is 19.9 Å². The second kappa shape index (κ2) is 11.4. The predicted octanol–water partition coefficient (Wildman–Crippen LogP) is 4.19. The third-order valence-electron chi connectivity index (χ3n) is 8.76. The van der Waals surface area contributed by atoms with E-state index in [0.29, 0.717) is 24.5 Å². The number of phenols is 1. The maximum atomic E-state index is 13.7. The van der Waals surface area contributed by atoms with Crippen molar-refractivity contribution in [2.75, 3.05) is 11.5 Å². The molecule has 0 radical (unpaired) electrons. The number of carbonyl (C=O) groups excluding carboxylic acids is 2. The van der Waals surface area contributed by atoms with Gasteiger partial charge in [0.15, 0.2) is 0 Å². The van der Waals surface area contributed by atoms with Gasteiger partial charge in [0.2, 0.25) is 11.8 Å². The first-order valence-corrected chi connectivity index (χ1v) is 14.2. The minimum absolute atomic E-state index is 0.0840. The molecule has 7 nitrogen and oxygen atoms in total. The Morgan fingerprint density at radius 2 is 1.77 bits per heavy atom. The van der Waals surface area contributed by atoms with Crippen molar-refractivity contribution in [1.29, 1.82) is 0 Å².